The van der Waals surface area contributed by atoms with Gasteiger partial charge in [-0.15, -0.1) is 0 Å². The number of amides is 1. The smallest absolute Gasteiger partial charge is 0.241 e. The number of piperazine rings is 1. The van der Waals surface area contributed by atoms with Gasteiger partial charge in [-0.1, -0.05) is 42.5 Å². The first-order valence-electron chi connectivity index (χ1n) is 13.1. The summed E-state index contributed by atoms with van der Waals surface area (Å²) in [6.07, 6.45) is 4.27. The van der Waals surface area contributed by atoms with Crippen LogP contribution in [0.25, 0.3) is 10.8 Å². The number of nitrogens with one attached hydrogen (secondary N) is 2. The molecule has 1 amide bonds. The molecule has 2 heterocycles. The van der Waals surface area contributed by atoms with Gasteiger partial charge < -0.3 is 9.80 Å². The molecule has 3 aromatic carbocycles. The van der Waals surface area contributed by atoms with Crippen molar-refractivity contribution in [2.75, 3.05) is 42.1 Å². The van der Waals surface area contributed by atoms with Gasteiger partial charge in [0.05, 0.1) is 11.2 Å². The van der Waals surface area contributed by atoms with E-state index in [2.05, 4.69) is 19.3 Å². The molecular formula is C29H31N5O5S2. The molecule has 0 aliphatic carbocycles. The number of carbonyl (C=O) groups excluding carboxylic acids is 1. The summed E-state index contributed by atoms with van der Waals surface area (Å²) in [6, 6.07) is 22.0. The Labute approximate surface area is 240 Å². The number of fused-ring (bicyclic) bond motifs is 1. The third kappa shape index (κ3) is 7.02. The Morgan fingerprint density at radius 1 is 0.878 bits per heavy atom. The maximum atomic E-state index is 13.9. The lowest BCUT2D eigenvalue weighted by atomic mass is 10.0. The van der Waals surface area contributed by atoms with Crippen LogP contribution in [0.15, 0.2) is 96.2 Å². The first kappa shape index (κ1) is 28.5. The maximum absolute atomic E-state index is 13.9. The summed E-state index contributed by atoms with van der Waals surface area (Å²) in [7, 11) is -7.55. The molecule has 214 valence electrons. The van der Waals surface area contributed by atoms with Gasteiger partial charge in [-0.25, -0.2) is 16.8 Å². The van der Waals surface area contributed by atoms with E-state index in [9.17, 15) is 21.6 Å². The van der Waals surface area contributed by atoms with Crippen LogP contribution in [0.5, 0.6) is 0 Å². The number of pyridine rings is 1. The summed E-state index contributed by atoms with van der Waals surface area (Å²) in [6.45, 7) is 2.14. The molecule has 2 N–H and O–H groups in total. The van der Waals surface area contributed by atoms with Crippen LogP contribution in [-0.2, 0) is 31.3 Å². The molecule has 41 heavy (non-hydrogen) atoms. The van der Waals surface area contributed by atoms with Crippen LogP contribution < -0.4 is 14.3 Å². The molecule has 4 aromatic rings. The van der Waals surface area contributed by atoms with Crippen molar-refractivity contribution in [3.8, 4) is 0 Å². The number of hydrogen-bond acceptors (Lipinski definition) is 7. The number of sulfonamides is 2. The van der Waals surface area contributed by atoms with Crippen LogP contribution in [0.4, 0.5) is 11.4 Å². The largest absolute Gasteiger partial charge is 0.368 e. The van der Waals surface area contributed by atoms with Crippen molar-refractivity contribution in [3.05, 3.63) is 96.8 Å². The van der Waals surface area contributed by atoms with Gasteiger partial charge >= 0.3 is 0 Å². The third-order valence-electron chi connectivity index (χ3n) is 6.94. The Kier molecular flexibility index (Phi) is 8.25. The second-order valence-corrected chi connectivity index (χ2v) is 13.4. The third-order valence-corrected chi connectivity index (χ3v) is 9.07. The van der Waals surface area contributed by atoms with Crippen molar-refractivity contribution >= 4 is 48.1 Å². The van der Waals surface area contributed by atoms with E-state index in [1.165, 1.54) is 12.3 Å². The summed E-state index contributed by atoms with van der Waals surface area (Å²) in [5.74, 6) is -0.318. The van der Waals surface area contributed by atoms with Crippen molar-refractivity contribution in [1.82, 2.24) is 14.6 Å². The van der Waals surface area contributed by atoms with Crippen molar-refractivity contribution in [3.63, 3.8) is 0 Å². The Bertz CT molecular complexity index is 1730. The minimum atomic E-state index is -4.10. The predicted octanol–water partition coefficient (Wildman–Crippen LogP) is 2.84. The average molecular weight is 594 g/mol. The van der Waals surface area contributed by atoms with E-state index in [-0.39, 0.29) is 17.2 Å². The molecule has 10 nitrogen and oxygen atoms in total. The van der Waals surface area contributed by atoms with Crippen molar-refractivity contribution in [2.24, 2.45) is 0 Å². The zero-order valence-corrected chi connectivity index (χ0v) is 24.1. The molecule has 1 aliphatic rings. The molecule has 0 unspecified atom stereocenters. The van der Waals surface area contributed by atoms with Crippen LogP contribution in [0.1, 0.15) is 5.56 Å². The lowest BCUT2D eigenvalue weighted by molar-refractivity contribution is -0.133. The topological polar surface area (TPSA) is 129 Å². The van der Waals surface area contributed by atoms with E-state index >= 15 is 0 Å². The molecule has 0 bridgehead atoms. The molecule has 12 heteroatoms. The van der Waals surface area contributed by atoms with Gasteiger partial charge in [0.2, 0.25) is 26.0 Å². The van der Waals surface area contributed by atoms with Crippen LogP contribution in [-0.4, -0.2) is 71.1 Å². The minimum absolute atomic E-state index is 0.0665. The highest BCUT2D eigenvalue weighted by molar-refractivity contribution is 7.92. The van der Waals surface area contributed by atoms with E-state index in [0.29, 0.717) is 48.2 Å². The number of aromatic nitrogens is 1. The Hall–Kier alpha value is -4.00. The first-order valence-corrected chi connectivity index (χ1v) is 16.5. The Balaban J connectivity index is 1.40. The van der Waals surface area contributed by atoms with Gasteiger partial charge in [-0.2, -0.15) is 4.72 Å². The number of carbonyl (C=O) groups is 1. The van der Waals surface area contributed by atoms with Crippen LogP contribution in [0.3, 0.4) is 0 Å². The van der Waals surface area contributed by atoms with Crippen LogP contribution >= 0.6 is 0 Å². The van der Waals surface area contributed by atoms with Crippen molar-refractivity contribution in [1.29, 1.82) is 0 Å². The van der Waals surface area contributed by atoms with Crippen molar-refractivity contribution < 1.29 is 21.6 Å². The van der Waals surface area contributed by atoms with E-state index < -0.39 is 26.1 Å². The summed E-state index contributed by atoms with van der Waals surface area (Å²) in [5.41, 5.74) is 2.13. The maximum Gasteiger partial charge on any atom is 0.241 e. The Morgan fingerprint density at radius 2 is 1.59 bits per heavy atom. The molecule has 1 aromatic heterocycles. The fourth-order valence-electron chi connectivity index (χ4n) is 4.96. The van der Waals surface area contributed by atoms with Crippen LogP contribution in [0.2, 0.25) is 0 Å². The average Bonchev–Trinajstić information content (AvgIpc) is 2.97. The molecule has 1 saturated heterocycles. The number of nitrogens with zero attached hydrogens (tertiary/aromatic N) is 3. The van der Waals surface area contributed by atoms with E-state index in [1.807, 2.05) is 30.3 Å². The number of rotatable bonds is 9. The fourth-order valence-corrected chi connectivity index (χ4v) is 6.94. The summed E-state index contributed by atoms with van der Waals surface area (Å²) >= 11 is 0. The highest BCUT2D eigenvalue weighted by Crippen LogP contribution is 2.23. The van der Waals surface area contributed by atoms with Gasteiger partial charge in [-0.3, -0.25) is 14.5 Å². The monoisotopic (exact) mass is 593 g/mol. The lowest BCUT2D eigenvalue weighted by Gasteiger charge is -2.37. The van der Waals surface area contributed by atoms with E-state index in [4.69, 9.17) is 0 Å². The summed E-state index contributed by atoms with van der Waals surface area (Å²) in [4.78, 5) is 21.9. The molecule has 1 fully saturated rings. The molecule has 1 aliphatic heterocycles. The van der Waals surface area contributed by atoms with Gasteiger partial charge in [0, 0.05) is 60.7 Å². The van der Waals surface area contributed by atoms with E-state index in [1.54, 1.807) is 53.6 Å². The van der Waals surface area contributed by atoms with E-state index in [0.717, 1.165) is 11.9 Å². The van der Waals surface area contributed by atoms with Gasteiger partial charge in [0.15, 0.2) is 0 Å². The lowest BCUT2D eigenvalue weighted by Crippen LogP contribution is -2.55. The fraction of sp³-hybridized carbons (Fsp3) is 0.241. The molecule has 0 spiro atoms. The number of anilines is 2. The van der Waals surface area contributed by atoms with Gasteiger partial charge in [0.1, 0.15) is 6.04 Å². The number of para-hydroxylation sites is 1. The summed E-state index contributed by atoms with van der Waals surface area (Å²) in [5, 5.41) is 1.18. The van der Waals surface area contributed by atoms with Crippen LogP contribution in [0, 0.1) is 0 Å². The Morgan fingerprint density at radius 3 is 2.27 bits per heavy atom. The minimum Gasteiger partial charge on any atom is -0.368 e. The standard InChI is InChI=1S/C29H31N5O5S2/c1-40(36,37)31-24-12-10-22(11-13-24)20-27(29(35)34-18-16-33(17-19-34)25-7-3-2-4-8-25)32-41(38,39)28-9-5-6-23-21-30-15-14-26(23)28/h2-15,21,27,31-32H,16-20H2,1H3/t27-/m0/s1. The SMILES string of the molecule is CS(=O)(=O)Nc1ccc(C[C@H](NS(=O)(=O)c2cccc3cnccc23)C(=O)N2CCN(c3ccccc3)CC2)cc1. The molecular weight excluding hydrogens is 562 g/mol. The quantitative estimate of drug-likeness (QED) is 0.305. The first-order chi connectivity index (χ1) is 19.6. The molecule has 0 saturated carbocycles. The normalized spacial score (nSPS) is 15.0. The molecule has 0 radical (unpaired) electrons. The second kappa shape index (κ2) is 11.9. The van der Waals surface area contributed by atoms with Gasteiger partial charge in [0.25, 0.3) is 0 Å². The molecule has 5 rings (SSSR count). The zero-order valence-electron chi connectivity index (χ0n) is 22.5. The predicted molar refractivity (Wildman–Crippen MR) is 160 cm³/mol. The zero-order chi connectivity index (χ0) is 29.0. The molecule has 1 atom stereocenters. The highest BCUT2D eigenvalue weighted by Gasteiger charge is 2.32. The van der Waals surface area contributed by atoms with Crippen molar-refractivity contribution in [2.45, 2.75) is 17.4 Å². The number of benzene rings is 3. The summed E-state index contributed by atoms with van der Waals surface area (Å²) < 4.78 is 55.6. The second-order valence-electron chi connectivity index (χ2n) is 9.95. The number of hydrogen-bond donors (Lipinski definition) is 2. The van der Waals surface area contributed by atoms with Gasteiger partial charge in [-0.05, 0) is 48.4 Å². The highest BCUT2D eigenvalue weighted by atomic mass is 32.2.